The Hall–Kier alpha value is -2.25. The normalized spacial score (nSPS) is 30.8. The highest BCUT2D eigenvalue weighted by atomic mass is 16.8. The van der Waals surface area contributed by atoms with E-state index in [1.165, 1.54) is 77.0 Å². The summed E-state index contributed by atoms with van der Waals surface area (Å²) >= 11 is 0. The molecule has 0 aliphatic carbocycles. The molecule has 3 aliphatic heterocycles. The van der Waals surface area contributed by atoms with E-state index in [9.17, 15) is 61.0 Å². The quantitative estimate of drug-likeness (QED) is 0.0279. The first-order valence-electron chi connectivity index (χ1n) is 29.9. The summed E-state index contributed by atoms with van der Waals surface area (Å²) in [4.78, 5) is 13.3. The van der Waals surface area contributed by atoms with Gasteiger partial charge in [0.15, 0.2) is 18.9 Å². The van der Waals surface area contributed by atoms with E-state index >= 15 is 0 Å². The second-order valence-corrected chi connectivity index (χ2v) is 21.4. The van der Waals surface area contributed by atoms with Gasteiger partial charge in [-0.25, -0.2) is 0 Å². The van der Waals surface area contributed by atoms with Gasteiger partial charge in [-0.3, -0.25) is 4.79 Å². The summed E-state index contributed by atoms with van der Waals surface area (Å²) in [5.74, 6) is -0.296. The maximum Gasteiger partial charge on any atom is 0.220 e. The molecule has 0 aromatic heterocycles. The molecule has 3 fully saturated rings. The third-order valence-electron chi connectivity index (χ3n) is 14.8. The minimum Gasteiger partial charge on any atom is -0.394 e. The van der Waals surface area contributed by atoms with Gasteiger partial charge in [-0.05, 0) is 64.2 Å². The maximum atomic E-state index is 13.3. The van der Waals surface area contributed by atoms with Crippen molar-refractivity contribution in [1.29, 1.82) is 0 Å². The number of hydrogen-bond donors (Lipinski definition) is 12. The van der Waals surface area contributed by atoms with Gasteiger partial charge in [0.1, 0.15) is 73.2 Å². The fourth-order valence-corrected chi connectivity index (χ4v) is 9.88. The molecular formula is C59H105NO18. The van der Waals surface area contributed by atoms with Gasteiger partial charge in [0.2, 0.25) is 5.91 Å². The molecule has 3 rings (SSSR count). The van der Waals surface area contributed by atoms with Gasteiger partial charge in [-0.15, -0.1) is 0 Å². The molecule has 1 amide bonds. The van der Waals surface area contributed by atoms with Crippen molar-refractivity contribution in [2.24, 2.45) is 0 Å². The van der Waals surface area contributed by atoms with Crippen LogP contribution in [0.2, 0.25) is 0 Å². The highest BCUT2D eigenvalue weighted by Crippen LogP contribution is 2.33. The predicted molar refractivity (Wildman–Crippen MR) is 295 cm³/mol. The van der Waals surface area contributed by atoms with Crippen LogP contribution >= 0.6 is 0 Å². The SMILES string of the molecule is CCCCC/C=C\C/C=C\CCCCCCCCCC(=O)NC(COC1OC(CO)C(OC2OC(CO)C(OC3OC(CO)C(O)C(O)C3O)C(O)C2O)C(O)C1O)C(O)/C=C/CC/C=C/CCCCCCCCCCCC. The molecule has 19 nitrogen and oxygen atoms in total. The molecule has 19 heteroatoms. The lowest BCUT2D eigenvalue weighted by Gasteiger charge is -2.48. The van der Waals surface area contributed by atoms with Gasteiger partial charge in [-0.2, -0.15) is 0 Å². The van der Waals surface area contributed by atoms with E-state index in [0.29, 0.717) is 12.8 Å². The number of aliphatic hydroxyl groups is 11. The molecule has 17 unspecified atom stereocenters. The second kappa shape index (κ2) is 42.6. The Kier molecular flexibility index (Phi) is 38.2. The molecule has 3 aliphatic rings. The zero-order valence-electron chi connectivity index (χ0n) is 47.1. The highest BCUT2D eigenvalue weighted by Gasteiger charge is 2.53. The van der Waals surface area contributed by atoms with Gasteiger partial charge < -0.3 is 89.9 Å². The minimum atomic E-state index is -1.98. The van der Waals surface area contributed by atoms with E-state index < -0.39 is 124 Å². The van der Waals surface area contributed by atoms with Crippen LogP contribution < -0.4 is 5.32 Å². The molecule has 0 spiro atoms. The molecule has 0 bridgehead atoms. The van der Waals surface area contributed by atoms with Crippen molar-refractivity contribution in [1.82, 2.24) is 5.32 Å². The van der Waals surface area contributed by atoms with Crippen LogP contribution in [-0.2, 0) is 33.2 Å². The van der Waals surface area contributed by atoms with Crippen molar-refractivity contribution < 1.29 is 89.4 Å². The average Bonchev–Trinajstić information content (AvgIpc) is 3.45. The molecule has 454 valence electrons. The minimum absolute atomic E-state index is 0.225. The fourth-order valence-electron chi connectivity index (χ4n) is 9.88. The number of carbonyl (C=O) groups is 1. The third-order valence-corrected chi connectivity index (χ3v) is 14.8. The molecule has 3 saturated heterocycles. The number of amides is 1. The van der Waals surface area contributed by atoms with E-state index in [0.717, 1.165) is 77.0 Å². The molecule has 17 atom stereocenters. The van der Waals surface area contributed by atoms with Crippen molar-refractivity contribution in [2.75, 3.05) is 26.4 Å². The summed E-state index contributed by atoms with van der Waals surface area (Å²) in [6, 6.07) is -0.994. The summed E-state index contributed by atoms with van der Waals surface area (Å²) < 4.78 is 34.2. The lowest BCUT2D eigenvalue weighted by Crippen LogP contribution is -2.66. The first-order valence-corrected chi connectivity index (χ1v) is 29.9. The van der Waals surface area contributed by atoms with Crippen LogP contribution in [-0.4, -0.2) is 193 Å². The van der Waals surface area contributed by atoms with Crippen LogP contribution in [0.4, 0.5) is 0 Å². The van der Waals surface area contributed by atoms with Crippen LogP contribution in [0, 0.1) is 0 Å². The van der Waals surface area contributed by atoms with Crippen LogP contribution in [0.1, 0.15) is 187 Å². The monoisotopic (exact) mass is 1120 g/mol. The topological polar surface area (TPSA) is 307 Å². The molecule has 0 aromatic carbocycles. The van der Waals surface area contributed by atoms with E-state index in [1.807, 2.05) is 6.08 Å². The van der Waals surface area contributed by atoms with Crippen LogP contribution in [0.5, 0.6) is 0 Å². The lowest BCUT2D eigenvalue weighted by molar-refractivity contribution is -0.379. The summed E-state index contributed by atoms with van der Waals surface area (Å²) in [6.07, 6.45) is 19.5. The molecule has 0 aromatic rings. The van der Waals surface area contributed by atoms with Gasteiger partial charge in [-0.1, -0.05) is 165 Å². The molecule has 78 heavy (non-hydrogen) atoms. The van der Waals surface area contributed by atoms with Gasteiger partial charge in [0.25, 0.3) is 0 Å². The smallest absolute Gasteiger partial charge is 0.220 e. The summed E-state index contributed by atoms with van der Waals surface area (Å²) in [5, 5.41) is 120. The Morgan fingerprint density at radius 2 is 0.859 bits per heavy atom. The number of unbranched alkanes of at least 4 members (excludes halogenated alkanes) is 21. The summed E-state index contributed by atoms with van der Waals surface area (Å²) in [6.45, 7) is 1.65. The fraction of sp³-hybridized carbons (Fsp3) is 0.847. The number of aliphatic hydroxyl groups excluding tert-OH is 11. The van der Waals surface area contributed by atoms with Crippen molar-refractivity contribution in [2.45, 2.75) is 291 Å². The van der Waals surface area contributed by atoms with Gasteiger partial charge in [0.05, 0.1) is 38.6 Å². The summed E-state index contributed by atoms with van der Waals surface area (Å²) in [7, 11) is 0. The Morgan fingerprint density at radius 1 is 0.462 bits per heavy atom. The lowest BCUT2D eigenvalue weighted by atomic mass is 9.96. The van der Waals surface area contributed by atoms with Crippen molar-refractivity contribution in [3.8, 4) is 0 Å². The predicted octanol–water partition coefficient (Wildman–Crippen LogP) is 5.09. The number of carbonyl (C=O) groups excluding carboxylic acids is 1. The van der Waals surface area contributed by atoms with Gasteiger partial charge >= 0.3 is 0 Å². The highest BCUT2D eigenvalue weighted by molar-refractivity contribution is 5.76. The molecule has 0 radical (unpaired) electrons. The van der Waals surface area contributed by atoms with Crippen molar-refractivity contribution in [3.05, 3.63) is 48.6 Å². The molecular weight excluding hydrogens is 1010 g/mol. The Bertz CT molecular complexity index is 1620. The first kappa shape index (κ1) is 70.0. The largest absolute Gasteiger partial charge is 0.394 e. The van der Waals surface area contributed by atoms with E-state index in [1.54, 1.807) is 6.08 Å². The Balaban J connectivity index is 1.53. The number of nitrogens with one attached hydrogen (secondary N) is 1. The Morgan fingerprint density at radius 3 is 1.38 bits per heavy atom. The zero-order valence-corrected chi connectivity index (χ0v) is 47.1. The van der Waals surface area contributed by atoms with Gasteiger partial charge in [0, 0.05) is 6.42 Å². The third kappa shape index (κ3) is 26.3. The van der Waals surface area contributed by atoms with Crippen LogP contribution in [0.25, 0.3) is 0 Å². The number of allylic oxidation sites excluding steroid dienone is 7. The second-order valence-electron chi connectivity index (χ2n) is 21.4. The maximum absolute atomic E-state index is 13.3. The van der Waals surface area contributed by atoms with Crippen molar-refractivity contribution in [3.63, 3.8) is 0 Å². The summed E-state index contributed by atoms with van der Waals surface area (Å²) in [5.41, 5.74) is 0. The average molecular weight is 1120 g/mol. The van der Waals surface area contributed by atoms with Crippen LogP contribution in [0.3, 0.4) is 0 Å². The number of ether oxygens (including phenoxy) is 6. The number of rotatable bonds is 43. The standard InChI is InChI=1S/C59H105NO18/c1-3-5-7-9-11-13-15-17-19-21-23-25-27-29-31-33-35-37-47(65)60-42(43(64)36-34-32-30-28-26-24-22-20-18-16-14-12-10-8-6-4-2)41-73-57-53(71)50(68)55(45(39-62)75-57)78-59-54(72)51(69)56(46(40-63)76-59)77-58-52(70)49(67)48(66)44(38-61)74-58/h11,13,17,19,26,28,34,36,42-46,48-59,61-64,66-72H,3-10,12,14-16,18,20-25,27,29-33,35,37-41H2,1-2H3,(H,60,65)/b13-11-,19-17-,28-26+,36-34+. The first-order chi connectivity index (χ1) is 37.8. The zero-order chi connectivity index (χ0) is 56.9. The van der Waals surface area contributed by atoms with E-state index in [4.69, 9.17) is 28.4 Å². The Labute approximate surface area is 465 Å². The van der Waals surface area contributed by atoms with E-state index in [2.05, 4.69) is 55.6 Å². The molecule has 0 saturated carbocycles. The molecule has 12 N–H and O–H groups in total. The van der Waals surface area contributed by atoms with Crippen molar-refractivity contribution >= 4 is 5.91 Å². The number of hydrogen-bond acceptors (Lipinski definition) is 18. The molecule has 3 heterocycles. The van der Waals surface area contributed by atoms with E-state index in [-0.39, 0.29) is 18.9 Å². The van der Waals surface area contributed by atoms with Crippen LogP contribution in [0.15, 0.2) is 48.6 Å².